The highest BCUT2D eigenvalue weighted by Gasteiger charge is 2.52. The summed E-state index contributed by atoms with van der Waals surface area (Å²) < 4.78 is 32.6. The van der Waals surface area contributed by atoms with Gasteiger partial charge in [0, 0.05) is 0 Å². The molecule has 0 amide bonds. The maximum absolute atomic E-state index is 14.7. The van der Waals surface area contributed by atoms with Crippen LogP contribution in [0.4, 0.5) is 4.39 Å². The second-order valence-corrected chi connectivity index (χ2v) is 7.70. The van der Waals surface area contributed by atoms with Crippen molar-refractivity contribution >= 4 is 12.6 Å². The molecule has 0 N–H and O–H groups in total. The largest absolute Gasteiger partial charge is 0.495 e. The lowest BCUT2D eigenvalue weighted by Gasteiger charge is -2.32. The van der Waals surface area contributed by atoms with Gasteiger partial charge in [-0.3, -0.25) is 0 Å². The summed E-state index contributed by atoms with van der Waals surface area (Å²) in [4.78, 5) is 0. The summed E-state index contributed by atoms with van der Waals surface area (Å²) in [6, 6.07) is 13.0. The fourth-order valence-corrected chi connectivity index (χ4v) is 2.95. The molecule has 0 saturated carbocycles. The first-order valence-corrected chi connectivity index (χ1v) is 11.1. The highest BCUT2D eigenvalue weighted by Crippen LogP contribution is 2.37. The van der Waals surface area contributed by atoms with Crippen molar-refractivity contribution in [3.05, 3.63) is 59.4 Å². The van der Waals surface area contributed by atoms with E-state index in [4.69, 9.17) is 14.0 Å². The number of ether oxygens (including phenoxy) is 1. The third-order valence-electron chi connectivity index (χ3n) is 5.32. The van der Waals surface area contributed by atoms with Crippen LogP contribution in [0, 0.1) is 5.82 Å². The van der Waals surface area contributed by atoms with E-state index in [1.807, 2.05) is 92.6 Å². The van der Waals surface area contributed by atoms with Gasteiger partial charge in [-0.1, -0.05) is 65.0 Å². The number of hydrogen-bond donors (Lipinski definition) is 0. The Morgan fingerprint density at radius 2 is 1.43 bits per heavy atom. The van der Waals surface area contributed by atoms with Crippen molar-refractivity contribution in [1.82, 2.24) is 0 Å². The molecule has 2 aromatic rings. The Morgan fingerprint density at radius 3 is 1.93 bits per heavy atom. The smallest absolute Gasteiger partial charge is 0.486 e. The van der Waals surface area contributed by atoms with Crippen molar-refractivity contribution in [3.8, 4) is 5.75 Å². The molecule has 0 spiro atoms. The number of benzene rings is 2. The molecule has 1 saturated heterocycles. The molecule has 1 heterocycles. The Hall–Kier alpha value is -1.85. The molecule has 0 atom stereocenters. The van der Waals surface area contributed by atoms with Crippen LogP contribution in [-0.4, -0.2) is 18.3 Å². The van der Waals surface area contributed by atoms with Crippen LogP contribution in [0.15, 0.2) is 42.5 Å². The first-order valence-electron chi connectivity index (χ1n) is 11.1. The van der Waals surface area contributed by atoms with Crippen molar-refractivity contribution in [3.63, 3.8) is 0 Å². The van der Waals surface area contributed by atoms with Crippen LogP contribution in [0.25, 0.3) is 0 Å². The predicted octanol–water partition coefficient (Wildman–Crippen LogP) is 6.32. The molecule has 1 aliphatic rings. The summed E-state index contributed by atoms with van der Waals surface area (Å²) in [5, 5.41) is 0. The summed E-state index contributed by atoms with van der Waals surface area (Å²) >= 11 is 0. The van der Waals surface area contributed by atoms with Crippen molar-refractivity contribution in [1.29, 1.82) is 0 Å². The molecule has 0 radical (unpaired) electrons. The zero-order chi connectivity index (χ0) is 22.9. The maximum atomic E-state index is 14.7. The van der Waals surface area contributed by atoms with E-state index in [0.717, 1.165) is 23.0 Å². The Labute approximate surface area is 183 Å². The fraction of sp³-hybridized carbons (Fsp3) is 0.520. The summed E-state index contributed by atoms with van der Waals surface area (Å²) in [5.74, 6) is -0.145. The molecule has 30 heavy (non-hydrogen) atoms. The van der Waals surface area contributed by atoms with E-state index in [1.54, 1.807) is 6.07 Å². The van der Waals surface area contributed by atoms with Crippen molar-refractivity contribution < 1.29 is 18.4 Å². The average molecular weight is 416 g/mol. The van der Waals surface area contributed by atoms with E-state index in [1.165, 1.54) is 6.07 Å². The summed E-state index contributed by atoms with van der Waals surface area (Å²) in [6.07, 6.45) is 0.737. The van der Waals surface area contributed by atoms with E-state index in [-0.39, 0.29) is 5.75 Å². The van der Waals surface area contributed by atoms with E-state index in [0.29, 0.717) is 6.61 Å². The summed E-state index contributed by atoms with van der Waals surface area (Å²) in [7, 11) is -0.576. The van der Waals surface area contributed by atoms with Crippen molar-refractivity contribution in [2.45, 2.75) is 86.5 Å². The highest BCUT2D eigenvalue weighted by atomic mass is 19.1. The molecule has 3 rings (SSSR count). The molecule has 0 aromatic heterocycles. The van der Waals surface area contributed by atoms with Gasteiger partial charge in [0.05, 0.1) is 11.2 Å². The lowest BCUT2D eigenvalue weighted by Crippen LogP contribution is -2.41. The van der Waals surface area contributed by atoms with Crippen LogP contribution < -0.4 is 10.2 Å². The first kappa shape index (κ1) is 26.2. The number of aryl methyl sites for hydroxylation is 1. The Bertz CT molecular complexity index is 759. The third-order valence-corrected chi connectivity index (χ3v) is 5.32. The maximum Gasteiger partial charge on any atom is 0.495 e. The average Bonchev–Trinajstić information content (AvgIpc) is 2.97. The number of halogens is 1. The zero-order valence-corrected chi connectivity index (χ0v) is 20.1. The van der Waals surface area contributed by atoms with Crippen molar-refractivity contribution in [2.75, 3.05) is 0 Å². The molecule has 3 nitrogen and oxygen atoms in total. The van der Waals surface area contributed by atoms with Crippen LogP contribution >= 0.6 is 0 Å². The lowest BCUT2D eigenvalue weighted by molar-refractivity contribution is 0.00578. The molecular weight excluding hydrogens is 378 g/mol. The second kappa shape index (κ2) is 11.5. The minimum atomic E-state index is -0.576. The molecule has 1 aliphatic heterocycles. The van der Waals surface area contributed by atoms with Crippen LogP contribution in [-0.2, 0) is 22.3 Å². The topological polar surface area (TPSA) is 27.7 Å². The molecule has 0 bridgehead atoms. The van der Waals surface area contributed by atoms with Gasteiger partial charge >= 0.3 is 7.12 Å². The monoisotopic (exact) mass is 416 g/mol. The van der Waals surface area contributed by atoms with Crippen LogP contribution in [0.2, 0.25) is 0 Å². The second-order valence-electron chi connectivity index (χ2n) is 7.70. The lowest BCUT2D eigenvalue weighted by atomic mass is 9.75. The molecule has 0 aliphatic carbocycles. The molecule has 166 valence electrons. The van der Waals surface area contributed by atoms with E-state index >= 15 is 0 Å². The zero-order valence-electron chi connectivity index (χ0n) is 20.1. The first-order chi connectivity index (χ1) is 14.2. The Balaban J connectivity index is 0.00000106. The number of rotatable bonds is 5. The minimum Gasteiger partial charge on any atom is -0.486 e. The van der Waals surface area contributed by atoms with Crippen LogP contribution in [0.3, 0.4) is 0 Å². The van der Waals surface area contributed by atoms with Gasteiger partial charge in [-0.05, 0) is 62.8 Å². The quantitative estimate of drug-likeness (QED) is 0.534. The van der Waals surface area contributed by atoms with E-state index in [2.05, 4.69) is 0 Å². The molecule has 1 fully saturated rings. The van der Waals surface area contributed by atoms with Crippen molar-refractivity contribution in [2.24, 2.45) is 0 Å². The standard InChI is InChI=1S/C21H26BFO3.2C2H6/c1-6-16-12-19(24-14-15-10-8-7-9-11-15)18(23)13-17(16)22-25-20(2,3)21(4,5)26-22;2*1-2/h7-13H,6,14H2,1-5H3;2*1-2H3. The fourth-order valence-electron chi connectivity index (χ4n) is 2.95. The molecule has 5 heteroatoms. The Kier molecular flexibility index (Phi) is 10.1. The Morgan fingerprint density at radius 1 is 0.900 bits per heavy atom. The van der Waals surface area contributed by atoms with Gasteiger partial charge in [0.15, 0.2) is 11.6 Å². The minimum absolute atomic E-state index is 0.256. The van der Waals surface area contributed by atoms with E-state index in [9.17, 15) is 4.39 Å². The van der Waals surface area contributed by atoms with E-state index < -0.39 is 24.1 Å². The molecule has 0 unspecified atom stereocenters. The van der Waals surface area contributed by atoms with Gasteiger partial charge in [-0.25, -0.2) is 4.39 Å². The highest BCUT2D eigenvalue weighted by molar-refractivity contribution is 6.62. The normalized spacial score (nSPS) is 16.1. The van der Waals surface area contributed by atoms with Gasteiger partial charge in [0.2, 0.25) is 0 Å². The number of hydrogen-bond acceptors (Lipinski definition) is 3. The third kappa shape index (κ3) is 6.08. The van der Waals surface area contributed by atoms with Gasteiger partial charge in [-0.2, -0.15) is 0 Å². The van der Waals surface area contributed by atoms with Crippen LogP contribution in [0.1, 0.15) is 73.4 Å². The van der Waals surface area contributed by atoms with Gasteiger partial charge in [0.1, 0.15) is 6.61 Å². The van der Waals surface area contributed by atoms with Gasteiger partial charge < -0.3 is 14.0 Å². The predicted molar refractivity (Wildman–Crippen MR) is 125 cm³/mol. The summed E-state index contributed by atoms with van der Waals surface area (Å²) in [5.41, 5.74) is 1.78. The van der Waals surface area contributed by atoms with Gasteiger partial charge in [0.25, 0.3) is 0 Å². The SMILES string of the molecule is CC.CC.CCc1cc(OCc2ccccc2)c(F)cc1B1OC(C)(C)C(C)(C)O1. The van der Waals surface area contributed by atoms with Crippen LogP contribution in [0.5, 0.6) is 5.75 Å². The molecule has 2 aromatic carbocycles. The summed E-state index contributed by atoms with van der Waals surface area (Å²) in [6.45, 7) is 18.3. The molecular formula is C25H38BFO3. The van der Waals surface area contributed by atoms with Gasteiger partial charge in [-0.15, -0.1) is 0 Å².